The van der Waals surface area contributed by atoms with E-state index in [1.54, 1.807) is 0 Å². The third kappa shape index (κ3) is 1.17. The topological polar surface area (TPSA) is 0 Å². The highest BCUT2D eigenvalue weighted by molar-refractivity contribution is 6.31. The molecule has 0 heterocycles. The van der Waals surface area contributed by atoms with Crippen LogP contribution in [0.5, 0.6) is 0 Å². The Morgan fingerprint density at radius 3 is 2.30 bits per heavy atom. The smallest absolute Gasteiger partial charge is 0.0444 e. The minimum Gasteiger partial charge on any atom is -0.0840 e. The van der Waals surface area contributed by atoms with Crippen molar-refractivity contribution < 1.29 is 0 Å². The molecule has 53 valence electrons. The fourth-order valence-electron chi connectivity index (χ4n) is 0.848. The summed E-state index contributed by atoms with van der Waals surface area (Å²) in [6, 6.07) is 4.90. The summed E-state index contributed by atoms with van der Waals surface area (Å²) in [5.41, 5.74) is 3.59. The van der Waals surface area contributed by atoms with Gasteiger partial charge in [0.25, 0.3) is 0 Å². The molecule has 0 saturated carbocycles. The first-order chi connectivity index (χ1) is 4.63. The van der Waals surface area contributed by atoms with Crippen molar-refractivity contribution in [3.8, 4) is 0 Å². The third-order valence-corrected chi connectivity index (χ3v) is 2.29. The molecule has 0 fully saturated rings. The zero-order valence-electron chi connectivity index (χ0n) is 6.46. The minimum absolute atomic E-state index is 0.808. The van der Waals surface area contributed by atoms with Gasteiger partial charge in [-0.25, -0.2) is 0 Å². The van der Waals surface area contributed by atoms with E-state index in [-0.39, 0.29) is 0 Å². The molecular formula is C9H10Cl. The molecule has 1 aromatic rings. The maximum Gasteiger partial charge on any atom is 0.0444 e. The second kappa shape index (κ2) is 2.63. The molecule has 0 nitrogen and oxygen atoms in total. The summed E-state index contributed by atoms with van der Waals surface area (Å²) in [6.45, 7) is 6.13. The van der Waals surface area contributed by atoms with Crippen molar-refractivity contribution in [2.24, 2.45) is 0 Å². The number of hydrogen-bond donors (Lipinski definition) is 0. The first-order valence-corrected chi connectivity index (χ1v) is 3.64. The highest BCUT2D eigenvalue weighted by Crippen LogP contribution is 2.20. The van der Waals surface area contributed by atoms with E-state index in [2.05, 4.69) is 13.0 Å². The third-order valence-electron chi connectivity index (χ3n) is 1.90. The quantitative estimate of drug-likeness (QED) is 0.538. The van der Waals surface area contributed by atoms with Gasteiger partial charge in [-0.05, 0) is 49.6 Å². The summed E-state index contributed by atoms with van der Waals surface area (Å²) < 4.78 is 0. The molecule has 0 unspecified atom stereocenters. The van der Waals surface area contributed by atoms with Gasteiger partial charge in [-0.3, -0.25) is 0 Å². The fraction of sp³-hybridized carbons (Fsp3) is 0.333. The first-order valence-electron chi connectivity index (χ1n) is 3.27. The van der Waals surface area contributed by atoms with E-state index in [1.807, 2.05) is 19.9 Å². The fourth-order valence-corrected chi connectivity index (χ4v) is 1.04. The summed E-state index contributed by atoms with van der Waals surface area (Å²) in [5, 5.41) is 0.808. The van der Waals surface area contributed by atoms with E-state index in [1.165, 1.54) is 11.1 Å². The summed E-state index contributed by atoms with van der Waals surface area (Å²) in [6.07, 6.45) is 0. The van der Waals surface area contributed by atoms with Gasteiger partial charge >= 0.3 is 0 Å². The standard InChI is InChI=1S/C9H10Cl/c1-6-4-5-9(10)8(3)7(6)2/h5H,1-3H3. The Morgan fingerprint density at radius 2 is 1.80 bits per heavy atom. The summed E-state index contributed by atoms with van der Waals surface area (Å²) >= 11 is 5.85. The lowest BCUT2D eigenvalue weighted by Gasteiger charge is -2.04. The van der Waals surface area contributed by atoms with Crippen LogP contribution in [0, 0.1) is 26.8 Å². The molecule has 1 aromatic carbocycles. The van der Waals surface area contributed by atoms with Crippen molar-refractivity contribution in [1.29, 1.82) is 0 Å². The molecular weight excluding hydrogens is 144 g/mol. The predicted molar refractivity (Wildman–Crippen MR) is 44.5 cm³/mol. The zero-order valence-corrected chi connectivity index (χ0v) is 7.21. The normalized spacial score (nSPS) is 10.0. The van der Waals surface area contributed by atoms with E-state index < -0.39 is 0 Å². The van der Waals surface area contributed by atoms with Crippen molar-refractivity contribution in [3.05, 3.63) is 33.8 Å². The lowest BCUT2D eigenvalue weighted by Crippen LogP contribution is -1.86. The van der Waals surface area contributed by atoms with E-state index in [4.69, 9.17) is 11.6 Å². The van der Waals surface area contributed by atoms with Crippen LogP contribution < -0.4 is 0 Å². The van der Waals surface area contributed by atoms with Crippen molar-refractivity contribution in [2.75, 3.05) is 0 Å². The molecule has 0 N–H and O–H groups in total. The Kier molecular flexibility index (Phi) is 2.00. The van der Waals surface area contributed by atoms with Gasteiger partial charge in [0.05, 0.1) is 0 Å². The minimum atomic E-state index is 0.808. The second-order valence-electron chi connectivity index (χ2n) is 2.51. The summed E-state index contributed by atoms with van der Waals surface area (Å²) in [4.78, 5) is 0. The van der Waals surface area contributed by atoms with Crippen LogP contribution in [0.2, 0.25) is 5.02 Å². The molecule has 10 heavy (non-hydrogen) atoms. The van der Waals surface area contributed by atoms with Crippen LogP contribution in [0.3, 0.4) is 0 Å². The van der Waals surface area contributed by atoms with Gasteiger partial charge < -0.3 is 0 Å². The lowest BCUT2D eigenvalue weighted by molar-refractivity contribution is 1.26. The van der Waals surface area contributed by atoms with Crippen molar-refractivity contribution in [3.63, 3.8) is 0 Å². The Balaban J connectivity index is 3.34. The molecule has 1 heteroatoms. The Labute approximate surface area is 66.8 Å². The van der Waals surface area contributed by atoms with Crippen LogP contribution in [0.1, 0.15) is 16.7 Å². The molecule has 0 bridgehead atoms. The van der Waals surface area contributed by atoms with Crippen LogP contribution >= 0.6 is 11.6 Å². The van der Waals surface area contributed by atoms with Gasteiger partial charge in [-0.2, -0.15) is 0 Å². The SMILES string of the molecule is Cc1[c]cc(Cl)c(C)c1C. The largest absolute Gasteiger partial charge is 0.0840 e. The first kappa shape index (κ1) is 7.62. The highest BCUT2D eigenvalue weighted by Gasteiger charge is 1.99. The Bertz CT molecular complexity index is 224. The molecule has 1 rings (SSSR count). The number of hydrogen-bond acceptors (Lipinski definition) is 0. The van der Waals surface area contributed by atoms with Gasteiger partial charge in [0, 0.05) is 5.02 Å². The monoisotopic (exact) mass is 153 g/mol. The van der Waals surface area contributed by atoms with Crippen molar-refractivity contribution in [2.45, 2.75) is 20.8 Å². The molecule has 0 amide bonds. The van der Waals surface area contributed by atoms with Crippen LogP contribution in [0.4, 0.5) is 0 Å². The van der Waals surface area contributed by atoms with E-state index in [0.29, 0.717) is 0 Å². The molecule has 0 aliphatic carbocycles. The Hall–Kier alpha value is -0.490. The maximum absolute atomic E-state index is 5.85. The van der Waals surface area contributed by atoms with E-state index >= 15 is 0 Å². The van der Waals surface area contributed by atoms with Gasteiger partial charge in [0.1, 0.15) is 0 Å². The summed E-state index contributed by atoms with van der Waals surface area (Å²) in [5.74, 6) is 0. The Morgan fingerprint density at radius 1 is 1.20 bits per heavy atom. The van der Waals surface area contributed by atoms with Gasteiger partial charge in [0.15, 0.2) is 0 Å². The summed E-state index contributed by atoms with van der Waals surface area (Å²) in [7, 11) is 0. The van der Waals surface area contributed by atoms with Gasteiger partial charge in [-0.1, -0.05) is 11.6 Å². The van der Waals surface area contributed by atoms with Crippen LogP contribution in [0.15, 0.2) is 6.07 Å². The molecule has 0 aliphatic rings. The van der Waals surface area contributed by atoms with E-state index in [9.17, 15) is 0 Å². The maximum atomic E-state index is 5.85. The second-order valence-corrected chi connectivity index (χ2v) is 2.92. The molecule has 0 aliphatic heterocycles. The molecule has 0 saturated heterocycles. The van der Waals surface area contributed by atoms with Crippen molar-refractivity contribution in [1.82, 2.24) is 0 Å². The molecule has 1 radical (unpaired) electrons. The van der Waals surface area contributed by atoms with Crippen molar-refractivity contribution >= 4 is 11.6 Å². The van der Waals surface area contributed by atoms with Gasteiger partial charge in [0.2, 0.25) is 0 Å². The predicted octanol–water partition coefficient (Wildman–Crippen LogP) is 3.07. The number of rotatable bonds is 0. The van der Waals surface area contributed by atoms with Crippen LogP contribution in [-0.4, -0.2) is 0 Å². The van der Waals surface area contributed by atoms with Crippen LogP contribution in [-0.2, 0) is 0 Å². The number of aryl methyl sites for hydroxylation is 1. The zero-order chi connectivity index (χ0) is 7.72. The average molecular weight is 154 g/mol. The number of benzene rings is 1. The highest BCUT2D eigenvalue weighted by atomic mass is 35.5. The van der Waals surface area contributed by atoms with Crippen LogP contribution in [0.25, 0.3) is 0 Å². The lowest BCUT2D eigenvalue weighted by atomic mass is 10.1. The van der Waals surface area contributed by atoms with Gasteiger partial charge in [-0.15, -0.1) is 0 Å². The average Bonchev–Trinajstić information content (AvgIpc) is 1.93. The van der Waals surface area contributed by atoms with E-state index in [0.717, 1.165) is 10.6 Å². The molecule has 0 aromatic heterocycles. The molecule has 0 spiro atoms. The number of halogens is 1. The molecule has 0 atom stereocenters.